The molecule has 0 radical (unpaired) electrons. The summed E-state index contributed by atoms with van der Waals surface area (Å²) in [6.45, 7) is 3.81. The minimum Gasteiger partial charge on any atom is -0.459 e. The van der Waals surface area contributed by atoms with E-state index in [0.29, 0.717) is 5.56 Å². The first-order valence-corrected chi connectivity index (χ1v) is 7.96. The zero-order chi connectivity index (χ0) is 18.5. The number of ether oxygens (including phenoxy) is 1. The molecule has 26 heavy (non-hydrogen) atoms. The lowest BCUT2D eigenvalue weighted by Gasteiger charge is -2.10. The van der Waals surface area contributed by atoms with E-state index >= 15 is 0 Å². The van der Waals surface area contributed by atoms with Crippen LogP contribution in [0.1, 0.15) is 11.1 Å². The molecule has 0 aliphatic carbocycles. The molecule has 1 saturated heterocycles. The normalized spacial score (nSPS) is 16.3. The molecule has 8 heteroatoms. The molecule has 0 N–H and O–H groups in total. The zero-order valence-electron chi connectivity index (χ0n) is 13.9. The van der Waals surface area contributed by atoms with Gasteiger partial charge >= 0.3 is 13.1 Å². The van der Waals surface area contributed by atoms with Crippen molar-refractivity contribution in [3.8, 4) is 0 Å². The second kappa shape index (κ2) is 7.94. The van der Waals surface area contributed by atoms with Crippen LogP contribution in [0.3, 0.4) is 0 Å². The Morgan fingerprint density at radius 1 is 1.27 bits per heavy atom. The van der Waals surface area contributed by atoms with Crippen LogP contribution < -0.4 is 5.46 Å². The Kier molecular flexibility index (Phi) is 5.45. The first-order valence-electron chi connectivity index (χ1n) is 7.96. The third kappa shape index (κ3) is 4.16. The number of carbonyl (C=O) groups excluding carboxylic acids is 1. The van der Waals surface area contributed by atoms with E-state index in [9.17, 15) is 14.9 Å². The number of hydrogen-bond acceptors (Lipinski definition) is 6. The molecule has 0 bridgehead atoms. The topological polar surface area (TPSA) is 87.9 Å². The van der Waals surface area contributed by atoms with E-state index in [-0.39, 0.29) is 18.9 Å². The third-order valence-electron chi connectivity index (χ3n) is 3.92. The fourth-order valence-electron chi connectivity index (χ4n) is 2.45. The van der Waals surface area contributed by atoms with Crippen molar-refractivity contribution in [1.29, 1.82) is 0 Å². The predicted octanol–water partition coefficient (Wildman–Crippen LogP) is 2.09. The van der Waals surface area contributed by atoms with Crippen LogP contribution in [0.4, 0.5) is 5.69 Å². The summed E-state index contributed by atoms with van der Waals surface area (Å²) in [5.41, 5.74) is 2.42. The summed E-state index contributed by atoms with van der Waals surface area (Å²) in [4.78, 5) is 22.3. The fourth-order valence-corrected chi connectivity index (χ4v) is 2.45. The molecule has 1 unspecified atom stereocenters. The van der Waals surface area contributed by atoms with Gasteiger partial charge in [-0.15, -0.1) is 0 Å². The molecule has 2 aromatic carbocycles. The molecule has 0 amide bonds. The molecule has 2 aromatic rings. The number of nitrogens with zero attached hydrogens (tertiary/aromatic N) is 1. The first-order chi connectivity index (χ1) is 12.6. The summed E-state index contributed by atoms with van der Waals surface area (Å²) >= 11 is 0. The van der Waals surface area contributed by atoms with Gasteiger partial charge in [-0.25, -0.2) is 4.79 Å². The average Bonchev–Trinajstić information content (AvgIpc) is 3.17. The van der Waals surface area contributed by atoms with Gasteiger partial charge in [0.15, 0.2) is 6.10 Å². The zero-order valence-corrected chi connectivity index (χ0v) is 13.9. The highest BCUT2D eigenvalue weighted by Crippen LogP contribution is 2.15. The van der Waals surface area contributed by atoms with Gasteiger partial charge in [-0.2, -0.15) is 0 Å². The van der Waals surface area contributed by atoms with E-state index < -0.39 is 24.1 Å². The van der Waals surface area contributed by atoms with Crippen molar-refractivity contribution in [1.82, 2.24) is 0 Å². The molecule has 1 aliphatic rings. The number of rotatable bonds is 6. The van der Waals surface area contributed by atoms with Gasteiger partial charge in [0.25, 0.3) is 5.69 Å². The van der Waals surface area contributed by atoms with Crippen LogP contribution in [0.5, 0.6) is 0 Å². The molecular formula is C18H16BNO6. The molecular weight excluding hydrogens is 337 g/mol. The summed E-state index contributed by atoms with van der Waals surface area (Å²) in [5, 5.41) is 10.6. The van der Waals surface area contributed by atoms with Gasteiger partial charge in [0.2, 0.25) is 0 Å². The standard InChI is InChI=1S/C18H16BNO6/c1-2-13-3-7-15(8-4-13)19-25-12-17(26-19)18(21)24-11-14-5-9-16(10-6-14)20(22)23/h2-10,17H,1,11-12H2. The van der Waals surface area contributed by atoms with Crippen LogP contribution in [0.25, 0.3) is 6.08 Å². The predicted molar refractivity (Wildman–Crippen MR) is 95.6 cm³/mol. The van der Waals surface area contributed by atoms with Crippen LogP contribution in [-0.2, 0) is 25.4 Å². The van der Waals surface area contributed by atoms with Gasteiger partial charge in [0, 0.05) is 12.1 Å². The van der Waals surface area contributed by atoms with Crippen molar-refractivity contribution in [2.45, 2.75) is 12.7 Å². The highest BCUT2D eigenvalue weighted by atomic mass is 16.7. The number of carbonyl (C=O) groups is 1. The SMILES string of the molecule is C=Cc1ccc(B2OCC(C(=O)OCc3ccc([N+](=O)[O-])cc3)O2)cc1. The van der Waals surface area contributed by atoms with Crippen LogP contribution in [0, 0.1) is 10.1 Å². The van der Waals surface area contributed by atoms with Crippen molar-refractivity contribution in [3.63, 3.8) is 0 Å². The molecule has 1 atom stereocenters. The molecule has 132 valence electrons. The minimum atomic E-state index is -0.808. The summed E-state index contributed by atoms with van der Waals surface area (Å²) in [6, 6.07) is 13.3. The number of nitro benzene ring substituents is 1. The van der Waals surface area contributed by atoms with Crippen molar-refractivity contribution >= 4 is 30.3 Å². The monoisotopic (exact) mass is 353 g/mol. The van der Waals surface area contributed by atoms with Gasteiger partial charge < -0.3 is 14.0 Å². The number of hydrogen-bond donors (Lipinski definition) is 0. The van der Waals surface area contributed by atoms with Gasteiger partial charge in [0.1, 0.15) is 6.61 Å². The van der Waals surface area contributed by atoms with E-state index in [1.54, 1.807) is 18.2 Å². The lowest BCUT2D eigenvalue weighted by Crippen LogP contribution is -2.34. The molecule has 3 rings (SSSR count). The van der Waals surface area contributed by atoms with Crippen molar-refractivity contribution in [3.05, 3.63) is 76.4 Å². The van der Waals surface area contributed by atoms with Crippen molar-refractivity contribution in [2.75, 3.05) is 6.61 Å². The number of benzene rings is 2. The van der Waals surface area contributed by atoms with E-state index in [2.05, 4.69) is 6.58 Å². The van der Waals surface area contributed by atoms with Gasteiger partial charge in [-0.05, 0) is 28.7 Å². The van der Waals surface area contributed by atoms with E-state index in [1.165, 1.54) is 12.1 Å². The third-order valence-corrected chi connectivity index (χ3v) is 3.92. The van der Waals surface area contributed by atoms with Gasteiger partial charge in [-0.1, -0.05) is 36.9 Å². The summed E-state index contributed by atoms with van der Waals surface area (Å²) in [6.07, 6.45) is 0.926. The first kappa shape index (κ1) is 17.8. The lowest BCUT2D eigenvalue weighted by atomic mass is 9.79. The molecule has 0 aromatic heterocycles. The van der Waals surface area contributed by atoms with E-state index in [0.717, 1.165) is 11.0 Å². The Morgan fingerprint density at radius 2 is 1.96 bits per heavy atom. The summed E-state index contributed by atoms with van der Waals surface area (Å²) < 4.78 is 16.3. The Labute approximate surface area is 150 Å². The Morgan fingerprint density at radius 3 is 2.58 bits per heavy atom. The van der Waals surface area contributed by atoms with Crippen LogP contribution >= 0.6 is 0 Å². The second-order valence-electron chi connectivity index (χ2n) is 5.69. The second-order valence-corrected chi connectivity index (χ2v) is 5.69. The largest absolute Gasteiger partial charge is 0.494 e. The highest BCUT2D eigenvalue weighted by Gasteiger charge is 2.37. The van der Waals surface area contributed by atoms with Crippen LogP contribution in [0.2, 0.25) is 0 Å². The van der Waals surface area contributed by atoms with Crippen molar-refractivity contribution < 1.29 is 23.8 Å². The molecule has 1 heterocycles. The average molecular weight is 353 g/mol. The Balaban J connectivity index is 1.52. The van der Waals surface area contributed by atoms with Crippen LogP contribution in [0.15, 0.2) is 55.1 Å². The van der Waals surface area contributed by atoms with Crippen LogP contribution in [-0.4, -0.2) is 30.7 Å². The quantitative estimate of drug-likeness (QED) is 0.342. The summed E-state index contributed by atoms with van der Waals surface area (Å²) in [5.74, 6) is -0.534. The summed E-state index contributed by atoms with van der Waals surface area (Å²) in [7, 11) is -0.620. The fraction of sp³-hybridized carbons (Fsp3) is 0.167. The lowest BCUT2D eigenvalue weighted by molar-refractivity contribution is -0.384. The Bertz CT molecular complexity index is 805. The molecule has 0 saturated carbocycles. The van der Waals surface area contributed by atoms with E-state index in [4.69, 9.17) is 14.0 Å². The minimum absolute atomic E-state index is 0.00931. The molecule has 7 nitrogen and oxygen atoms in total. The number of esters is 1. The molecule has 1 aliphatic heterocycles. The van der Waals surface area contributed by atoms with Gasteiger partial charge in [0.05, 0.1) is 11.5 Å². The maximum Gasteiger partial charge on any atom is 0.494 e. The smallest absolute Gasteiger partial charge is 0.459 e. The van der Waals surface area contributed by atoms with Gasteiger partial charge in [-0.3, -0.25) is 10.1 Å². The Hall–Kier alpha value is -2.97. The van der Waals surface area contributed by atoms with Crippen molar-refractivity contribution in [2.24, 2.45) is 0 Å². The number of nitro groups is 1. The maximum absolute atomic E-state index is 12.1. The number of non-ortho nitro benzene ring substituents is 1. The maximum atomic E-state index is 12.1. The molecule has 0 spiro atoms. The highest BCUT2D eigenvalue weighted by molar-refractivity contribution is 6.62. The van der Waals surface area contributed by atoms with E-state index in [1.807, 2.05) is 24.3 Å². The molecule has 1 fully saturated rings.